The van der Waals surface area contributed by atoms with E-state index in [4.69, 9.17) is 26.6 Å². The zero-order valence-corrected chi connectivity index (χ0v) is 11.1. The van der Waals surface area contributed by atoms with Crippen LogP contribution in [0.3, 0.4) is 0 Å². The van der Waals surface area contributed by atoms with Crippen molar-refractivity contribution in [3.63, 3.8) is 0 Å². The van der Waals surface area contributed by atoms with Crippen molar-refractivity contribution in [1.29, 1.82) is 0 Å². The summed E-state index contributed by atoms with van der Waals surface area (Å²) in [5.41, 5.74) is 6.44. The van der Waals surface area contributed by atoms with Gasteiger partial charge in [0, 0.05) is 23.0 Å². The van der Waals surface area contributed by atoms with Gasteiger partial charge in [-0.3, -0.25) is 0 Å². The molecule has 0 atom stereocenters. The fraction of sp³-hybridized carbons (Fsp3) is 0.385. The summed E-state index contributed by atoms with van der Waals surface area (Å²) in [7, 11) is 0. The molecule has 6 heteroatoms. The van der Waals surface area contributed by atoms with Crippen molar-refractivity contribution >= 4 is 11.6 Å². The van der Waals surface area contributed by atoms with Crippen LogP contribution in [0.2, 0.25) is 5.02 Å². The largest absolute Gasteiger partial charge is 0.483 e. The molecule has 19 heavy (non-hydrogen) atoms. The standard InChI is InChI=1S/C13H14ClN3O2/c14-10-2-1-3-11(9(10)6-15)18-7-12-16-13(17-19-12)8-4-5-8/h1-3,8H,4-7,15H2. The van der Waals surface area contributed by atoms with E-state index in [0.717, 1.165) is 24.2 Å². The lowest BCUT2D eigenvalue weighted by molar-refractivity contribution is 0.240. The summed E-state index contributed by atoms with van der Waals surface area (Å²) in [6.45, 7) is 0.555. The Hall–Kier alpha value is -1.59. The number of ether oxygens (including phenoxy) is 1. The molecule has 1 aliphatic rings. The Kier molecular flexibility index (Phi) is 3.40. The fourth-order valence-electron chi connectivity index (χ4n) is 1.85. The van der Waals surface area contributed by atoms with E-state index in [1.807, 2.05) is 12.1 Å². The lowest BCUT2D eigenvalue weighted by Gasteiger charge is -2.09. The van der Waals surface area contributed by atoms with Gasteiger partial charge in [-0.25, -0.2) is 0 Å². The van der Waals surface area contributed by atoms with Gasteiger partial charge in [-0.05, 0) is 25.0 Å². The molecule has 1 saturated carbocycles. The third-order valence-electron chi connectivity index (χ3n) is 3.06. The van der Waals surface area contributed by atoms with Gasteiger partial charge in [0.05, 0.1) is 0 Å². The molecule has 1 aromatic carbocycles. The van der Waals surface area contributed by atoms with E-state index in [2.05, 4.69) is 10.1 Å². The minimum absolute atomic E-state index is 0.229. The Balaban J connectivity index is 1.69. The molecule has 0 bridgehead atoms. The normalized spacial score (nSPS) is 14.6. The molecule has 100 valence electrons. The van der Waals surface area contributed by atoms with E-state index in [1.54, 1.807) is 6.07 Å². The summed E-state index contributed by atoms with van der Waals surface area (Å²) in [6.07, 6.45) is 2.29. The smallest absolute Gasteiger partial charge is 0.264 e. The number of hydrogen-bond donors (Lipinski definition) is 1. The van der Waals surface area contributed by atoms with Crippen LogP contribution in [-0.2, 0) is 13.2 Å². The van der Waals surface area contributed by atoms with Crippen LogP contribution >= 0.6 is 11.6 Å². The molecule has 0 spiro atoms. The van der Waals surface area contributed by atoms with Crippen LogP contribution in [0.5, 0.6) is 5.75 Å². The van der Waals surface area contributed by atoms with Crippen molar-refractivity contribution < 1.29 is 9.26 Å². The van der Waals surface area contributed by atoms with E-state index in [-0.39, 0.29) is 6.61 Å². The Morgan fingerprint density at radius 3 is 3.00 bits per heavy atom. The molecule has 0 saturated heterocycles. The van der Waals surface area contributed by atoms with E-state index in [0.29, 0.717) is 29.1 Å². The van der Waals surface area contributed by atoms with Crippen molar-refractivity contribution in [2.24, 2.45) is 5.73 Å². The van der Waals surface area contributed by atoms with Gasteiger partial charge in [0.15, 0.2) is 12.4 Å². The molecule has 0 amide bonds. The molecule has 1 fully saturated rings. The predicted octanol–water partition coefficient (Wildman–Crippen LogP) is 2.64. The Bertz CT molecular complexity index is 581. The topological polar surface area (TPSA) is 74.2 Å². The van der Waals surface area contributed by atoms with E-state index in [1.165, 1.54) is 0 Å². The first-order valence-corrected chi connectivity index (χ1v) is 6.58. The average molecular weight is 280 g/mol. The quantitative estimate of drug-likeness (QED) is 0.911. The zero-order chi connectivity index (χ0) is 13.2. The van der Waals surface area contributed by atoms with Crippen molar-refractivity contribution in [2.45, 2.75) is 31.9 Å². The van der Waals surface area contributed by atoms with Gasteiger partial charge < -0.3 is 15.0 Å². The highest BCUT2D eigenvalue weighted by Gasteiger charge is 2.28. The molecule has 0 radical (unpaired) electrons. The SMILES string of the molecule is NCc1c(Cl)cccc1OCc1nc(C2CC2)no1. The average Bonchev–Trinajstić information content (AvgIpc) is 3.16. The molecule has 2 aromatic rings. The van der Waals surface area contributed by atoms with Crippen LogP contribution < -0.4 is 10.5 Å². The summed E-state index contributed by atoms with van der Waals surface area (Å²) >= 11 is 6.05. The maximum atomic E-state index is 6.05. The summed E-state index contributed by atoms with van der Waals surface area (Å²) in [5, 5.41) is 4.53. The Morgan fingerprint density at radius 1 is 1.42 bits per heavy atom. The molecular weight excluding hydrogens is 266 g/mol. The van der Waals surface area contributed by atoms with Crippen LogP contribution in [0.25, 0.3) is 0 Å². The maximum Gasteiger partial charge on any atom is 0.264 e. The first-order valence-electron chi connectivity index (χ1n) is 6.20. The number of nitrogens with two attached hydrogens (primary N) is 1. The number of aromatic nitrogens is 2. The lowest BCUT2D eigenvalue weighted by Crippen LogP contribution is -2.03. The van der Waals surface area contributed by atoms with Gasteiger partial charge in [-0.2, -0.15) is 4.98 Å². The summed E-state index contributed by atoms with van der Waals surface area (Å²) in [4.78, 5) is 4.30. The molecule has 1 aromatic heterocycles. The summed E-state index contributed by atoms with van der Waals surface area (Å²) in [5.74, 6) is 2.39. The molecule has 1 aliphatic carbocycles. The number of halogens is 1. The van der Waals surface area contributed by atoms with Crippen LogP contribution in [0.15, 0.2) is 22.7 Å². The van der Waals surface area contributed by atoms with E-state index < -0.39 is 0 Å². The molecule has 3 rings (SSSR count). The first kappa shape index (κ1) is 12.4. The summed E-state index contributed by atoms with van der Waals surface area (Å²) < 4.78 is 10.8. The first-order chi connectivity index (χ1) is 9.28. The van der Waals surface area contributed by atoms with Gasteiger partial charge in [0.1, 0.15) is 5.75 Å². The van der Waals surface area contributed by atoms with Gasteiger partial charge in [0.25, 0.3) is 5.89 Å². The van der Waals surface area contributed by atoms with E-state index in [9.17, 15) is 0 Å². The highest BCUT2D eigenvalue weighted by molar-refractivity contribution is 6.31. The molecule has 5 nitrogen and oxygen atoms in total. The number of benzene rings is 1. The highest BCUT2D eigenvalue weighted by Crippen LogP contribution is 2.38. The Labute approximate surface area is 115 Å². The number of nitrogens with zero attached hydrogens (tertiary/aromatic N) is 2. The predicted molar refractivity (Wildman–Crippen MR) is 69.9 cm³/mol. The minimum atomic E-state index is 0.229. The second kappa shape index (κ2) is 5.19. The van der Waals surface area contributed by atoms with Crippen molar-refractivity contribution in [2.75, 3.05) is 0 Å². The van der Waals surface area contributed by atoms with Crippen molar-refractivity contribution in [3.8, 4) is 5.75 Å². The van der Waals surface area contributed by atoms with E-state index >= 15 is 0 Å². The van der Waals surface area contributed by atoms with Crippen LogP contribution in [-0.4, -0.2) is 10.1 Å². The minimum Gasteiger partial charge on any atom is -0.483 e. The third-order valence-corrected chi connectivity index (χ3v) is 3.41. The van der Waals surface area contributed by atoms with Gasteiger partial charge >= 0.3 is 0 Å². The zero-order valence-electron chi connectivity index (χ0n) is 10.3. The van der Waals surface area contributed by atoms with Crippen molar-refractivity contribution in [1.82, 2.24) is 10.1 Å². The number of rotatable bonds is 5. The van der Waals surface area contributed by atoms with Crippen molar-refractivity contribution in [3.05, 3.63) is 40.5 Å². The second-order valence-electron chi connectivity index (χ2n) is 4.53. The highest BCUT2D eigenvalue weighted by atomic mass is 35.5. The summed E-state index contributed by atoms with van der Waals surface area (Å²) in [6, 6.07) is 5.43. The monoisotopic (exact) mass is 279 g/mol. The molecular formula is C13H14ClN3O2. The number of hydrogen-bond acceptors (Lipinski definition) is 5. The van der Waals surface area contributed by atoms with Crippen LogP contribution in [0, 0.1) is 0 Å². The van der Waals surface area contributed by atoms with Crippen LogP contribution in [0.4, 0.5) is 0 Å². The van der Waals surface area contributed by atoms with Gasteiger partial charge in [-0.15, -0.1) is 0 Å². The lowest BCUT2D eigenvalue weighted by atomic mass is 10.2. The Morgan fingerprint density at radius 2 is 2.26 bits per heavy atom. The molecule has 1 heterocycles. The maximum absolute atomic E-state index is 6.05. The molecule has 2 N–H and O–H groups in total. The third kappa shape index (κ3) is 2.72. The second-order valence-corrected chi connectivity index (χ2v) is 4.94. The molecule has 0 unspecified atom stereocenters. The van der Waals surface area contributed by atoms with Gasteiger partial charge in [-0.1, -0.05) is 22.8 Å². The fourth-order valence-corrected chi connectivity index (χ4v) is 2.09. The van der Waals surface area contributed by atoms with Crippen LogP contribution in [0.1, 0.15) is 36.0 Å². The molecule has 0 aliphatic heterocycles. The van der Waals surface area contributed by atoms with Gasteiger partial charge in [0.2, 0.25) is 0 Å².